The van der Waals surface area contributed by atoms with Crippen LogP contribution in [0.25, 0.3) is 33.4 Å². The van der Waals surface area contributed by atoms with E-state index in [0.717, 1.165) is 44.9 Å². The van der Waals surface area contributed by atoms with Crippen LogP contribution in [-0.4, -0.2) is 15.0 Å². The number of anilines is 2. The normalized spacial score (nSPS) is 10.9. The van der Waals surface area contributed by atoms with Crippen LogP contribution >= 0.6 is 11.6 Å². The fourth-order valence-corrected chi connectivity index (χ4v) is 3.54. The average molecular weight is 397 g/mol. The number of benzene rings is 2. The van der Waals surface area contributed by atoms with Gasteiger partial charge in [-0.2, -0.15) is 0 Å². The van der Waals surface area contributed by atoms with E-state index in [1.165, 1.54) is 0 Å². The Labute approximate surface area is 173 Å². The number of nitrogens with zero attached hydrogens (tertiary/aromatic N) is 2. The minimum atomic E-state index is 0.656. The SMILES string of the molecule is Clc1ccccc1Nc1cccc(-c2c[nH]c3ncc(-c4ccccc4)cc23)n1. The monoisotopic (exact) mass is 396 g/mol. The van der Waals surface area contributed by atoms with Gasteiger partial charge in [0.1, 0.15) is 11.5 Å². The summed E-state index contributed by atoms with van der Waals surface area (Å²) in [4.78, 5) is 12.6. The first-order valence-corrected chi connectivity index (χ1v) is 9.67. The smallest absolute Gasteiger partial charge is 0.137 e. The third-order valence-corrected chi connectivity index (χ3v) is 5.13. The predicted octanol–water partition coefficient (Wildman–Crippen LogP) is 6.69. The standard InChI is InChI=1S/C24H17ClN4/c25-20-9-4-5-10-22(20)29-23-12-6-11-21(28-23)19-15-27-24-18(19)13-17(14-26-24)16-7-2-1-3-8-16/h1-15H,(H,26,27)(H,28,29). The van der Waals surface area contributed by atoms with Gasteiger partial charge in [0, 0.05) is 28.9 Å². The highest BCUT2D eigenvalue weighted by molar-refractivity contribution is 6.33. The molecule has 0 aliphatic rings. The first-order valence-electron chi connectivity index (χ1n) is 9.29. The third-order valence-electron chi connectivity index (χ3n) is 4.80. The molecule has 0 aliphatic carbocycles. The van der Waals surface area contributed by atoms with Crippen LogP contribution in [0.2, 0.25) is 5.02 Å². The van der Waals surface area contributed by atoms with E-state index < -0.39 is 0 Å². The third kappa shape index (κ3) is 3.46. The van der Waals surface area contributed by atoms with E-state index in [1.807, 2.05) is 73.1 Å². The van der Waals surface area contributed by atoms with Gasteiger partial charge in [-0.25, -0.2) is 9.97 Å². The number of H-pyrrole nitrogens is 1. The van der Waals surface area contributed by atoms with Crippen molar-refractivity contribution < 1.29 is 0 Å². The summed E-state index contributed by atoms with van der Waals surface area (Å²) in [5.74, 6) is 0.733. The van der Waals surface area contributed by atoms with Crippen molar-refractivity contribution in [3.63, 3.8) is 0 Å². The van der Waals surface area contributed by atoms with Crippen molar-refractivity contribution in [2.45, 2.75) is 0 Å². The van der Waals surface area contributed by atoms with Crippen molar-refractivity contribution in [2.24, 2.45) is 0 Å². The molecule has 140 valence electrons. The molecule has 0 amide bonds. The largest absolute Gasteiger partial charge is 0.345 e. The Morgan fingerprint density at radius 3 is 2.52 bits per heavy atom. The van der Waals surface area contributed by atoms with Gasteiger partial charge in [0.05, 0.1) is 16.4 Å². The van der Waals surface area contributed by atoms with E-state index in [4.69, 9.17) is 16.6 Å². The highest BCUT2D eigenvalue weighted by Crippen LogP contribution is 2.31. The number of rotatable bonds is 4. The first-order chi connectivity index (χ1) is 14.3. The second kappa shape index (κ2) is 7.41. The molecule has 0 bridgehead atoms. The molecule has 3 heterocycles. The van der Waals surface area contributed by atoms with Gasteiger partial charge < -0.3 is 10.3 Å². The number of halogens is 1. The molecular formula is C24H17ClN4. The lowest BCUT2D eigenvalue weighted by Gasteiger charge is -2.09. The molecule has 0 spiro atoms. The summed E-state index contributed by atoms with van der Waals surface area (Å²) in [5.41, 5.74) is 5.74. The molecule has 0 unspecified atom stereocenters. The van der Waals surface area contributed by atoms with E-state index in [9.17, 15) is 0 Å². The Bertz CT molecular complexity index is 1290. The van der Waals surface area contributed by atoms with Crippen LogP contribution in [0.1, 0.15) is 0 Å². The fourth-order valence-electron chi connectivity index (χ4n) is 3.36. The molecule has 2 N–H and O–H groups in total. The number of pyridine rings is 2. The molecular weight excluding hydrogens is 380 g/mol. The molecule has 2 aromatic carbocycles. The Morgan fingerprint density at radius 1 is 0.828 bits per heavy atom. The number of hydrogen-bond acceptors (Lipinski definition) is 3. The van der Waals surface area contributed by atoms with Crippen molar-refractivity contribution in [3.8, 4) is 22.4 Å². The number of aromatic amines is 1. The van der Waals surface area contributed by atoms with Crippen molar-refractivity contribution in [1.82, 2.24) is 15.0 Å². The molecule has 0 saturated heterocycles. The zero-order chi connectivity index (χ0) is 19.6. The Balaban J connectivity index is 1.55. The minimum absolute atomic E-state index is 0.656. The van der Waals surface area contributed by atoms with Crippen LogP contribution in [0.4, 0.5) is 11.5 Å². The zero-order valence-electron chi connectivity index (χ0n) is 15.4. The molecule has 0 aliphatic heterocycles. The maximum atomic E-state index is 6.26. The highest BCUT2D eigenvalue weighted by Gasteiger charge is 2.11. The molecule has 0 saturated carbocycles. The number of nitrogens with one attached hydrogen (secondary N) is 2. The highest BCUT2D eigenvalue weighted by atomic mass is 35.5. The lowest BCUT2D eigenvalue weighted by molar-refractivity contribution is 1.30. The summed E-state index contributed by atoms with van der Waals surface area (Å²) < 4.78 is 0. The number of hydrogen-bond donors (Lipinski definition) is 2. The van der Waals surface area contributed by atoms with Gasteiger partial charge in [-0.05, 0) is 35.9 Å². The van der Waals surface area contributed by atoms with Gasteiger partial charge in [0.15, 0.2) is 0 Å². The summed E-state index contributed by atoms with van der Waals surface area (Å²) in [7, 11) is 0. The van der Waals surface area contributed by atoms with Crippen molar-refractivity contribution in [1.29, 1.82) is 0 Å². The number of aromatic nitrogens is 3. The first kappa shape index (κ1) is 17.5. The average Bonchev–Trinajstić information content (AvgIpc) is 3.19. The van der Waals surface area contributed by atoms with Crippen LogP contribution in [0.5, 0.6) is 0 Å². The lowest BCUT2D eigenvalue weighted by atomic mass is 10.0. The molecule has 5 aromatic rings. The lowest BCUT2D eigenvalue weighted by Crippen LogP contribution is -1.95. The molecule has 4 nitrogen and oxygen atoms in total. The van der Waals surface area contributed by atoms with E-state index in [2.05, 4.69) is 33.5 Å². The Kier molecular flexibility index (Phi) is 4.47. The zero-order valence-corrected chi connectivity index (χ0v) is 16.2. The topological polar surface area (TPSA) is 53.6 Å². The second-order valence-electron chi connectivity index (χ2n) is 6.70. The van der Waals surface area contributed by atoms with Gasteiger partial charge in [0.25, 0.3) is 0 Å². The van der Waals surface area contributed by atoms with Gasteiger partial charge >= 0.3 is 0 Å². The summed E-state index contributed by atoms with van der Waals surface area (Å²) in [6, 6.07) is 25.9. The van der Waals surface area contributed by atoms with Crippen LogP contribution in [0, 0.1) is 0 Å². The molecule has 0 radical (unpaired) electrons. The molecule has 29 heavy (non-hydrogen) atoms. The number of para-hydroxylation sites is 1. The summed E-state index contributed by atoms with van der Waals surface area (Å²) >= 11 is 6.26. The maximum Gasteiger partial charge on any atom is 0.137 e. The Hall–Kier alpha value is -3.63. The molecule has 0 atom stereocenters. The van der Waals surface area contributed by atoms with Gasteiger partial charge in [-0.3, -0.25) is 0 Å². The van der Waals surface area contributed by atoms with Crippen LogP contribution in [0.3, 0.4) is 0 Å². The van der Waals surface area contributed by atoms with Gasteiger partial charge in [-0.15, -0.1) is 0 Å². The van der Waals surface area contributed by atoms with E-state index in [1.54, 1.807) is 0 Å². The van der Waals surface area contributed by atoms with Gasteiger partial charge in [0.2, 0.25) is 0 Å². The number of fused-ring (bicyclic) bond motifs is 1. The summed E-state index contributed by atoms with van der Waals surface area (Å²) in [5, 5.41) is 4.98. The second-order valence-corrected chi connectivity index (χ2v) is 7.11. The fraction of sp³-hybridized carbons (Fsp3) is 0. The molecule has 5 rings (SSSR count). The van der Waals surface area contributed by atoms with Crippen LogP contribution in [-0.2, 0) is 0 Å². The van der Waals surface area contributed by atoms with Crippen LogP contribution < -0.4 is 5.32 Å². The summed E-state index contributed by atoms with van der Waals surface area (Å²) in [6.07, 6.45) is 3.84. The Morgan fingerprint density at radius 2 is 1.66 bits per heavy atom. The predicted molar refractivity (Wildman–Crippen MR) is 119 cm³/mol. The van der Waals surface area contributed by atoms with Crippen molar-refractivity contribution >= 4 is 34.1 Å². The summed E-state index contributed by atoms with van der Waals surface area (Å²) in [6.45, 7) is 0. The van der Waals surface area contributed by atoms with Crippen molar-refractivity contribution in [3.05, 3.63) is 96.3 Å². The van der Waals surface area contributed by atoms with Crippen LogP contribution in [0.15, 0.2) is 91.3 Å². The quantitative estimate of drug-likeness (QED) is 0.356. The van der Waals surface area contributed by atoms with Gasteiger partial charge in [-0.1, -0.05) is 60.1 Å². The maximum absolute atomic E-state index is 6.26. The van der Waals surface area contributed by atoms with E-state index >= 15 is 0 Å². The van der Waals surface area contributed by atoms with E-state index in [-0.39, 0.29) is 0 Å². The molecule has 0 fully saturated rings. The van der Waals surface area contributed by atoms with Crippen molar-refractivity contribution in [2.75, 3.05) is 5.32 Å². The molecule has 5 heteroatoms. The minimum Gasteiger partial charge on any atom is -0.345 e. The van der Waals surface area contributed by atoms with E-state index in [0.29, 0.717) is 5.02 Å². The molecule has 3 aromatic heterocycles.